The van der Waals surface area contributed by atoms with Gasteiger partial charge in [0.15, 0.2) is 5.69 Å². The highest BCUT2D eigenvalue weighted by atomic mass is 14.9. The van der Waals surface area contributed by atoms with Crippen molar-refractivity contribution in [2.45, 2.75) is 13.3 Å². The smallest absolute Gasteiger partial charge is 0.189 e. The third-order valence-corrected chi connectivity index (χ3v) is 2.03. The van der Waals surface area contributed by atoms with E-state index in [0.717, 1.165) is 31.7 Å². The molecule has 0 unspecified atom stereocenters. The molecule has 0 aliphatic heterocycles. The summed E-state index contributed by atoms with van der Waals surface area (Å²) in [5, 5.41) is 6.58. The zero-order chi connectivity index (χ0) is 10.9. The second-order valence-corrected chi connectivity index (χ2v) is 3.34. The summed E-state index contributed by atoms with van der Waals surface area (Å²) in [6.45, 7) is 11.9. The predicted molar refractivity (Wildman–Crippen MR) is 64.4 cm³/mol. The summed E-state index contributed by atoms with van der Waals surface area (Å²) < 4.78 is 0. The van der Waals surface area contributed by atoms with E-state index in [4.69, 9.17) is 6.57 Å². The highest BCUT2D eigenvalue weighted by molar-refractivity contribution is 5.57. The molecule has 0 aromatic heterocycles. The van der Waals surface area contributed by atoms with Gasteiger partial charge < -0.3 is 10.6 Å². The van der Waals surface area contributed by atoms with Crippen molar-refractivity contribution in [1.29, 1.82) is 0 Å². The van der Waals surface area contributed by atoms with Crippen molar-refractivity contribution < 1.29 is 0 Å². The lowest BCUT2D eigenvalue weighted by molar-refractivity contribution is 0.688. The first-order valence-corrected chi connectivity index (χ1v) is 5.29. The summed E-state index contributed by atoms with van der Waals surface area (Å²) in [7, 11) is 0. The Bertz CT molecular complexity index is 328. The number of hydrogen-bond acceptors (Lipinski definition) is 2. The molecule has 0 heterocycles. The zero-order valence-corrected chi connectivity index (χ0v) is 9.09. The Balaban J connectivity index is 2.28. The molecule has 1 rings (SSSR count). The summed E-state index contributed by atoms with van der Waals surface area (Å²) in [5.74, 6) is 0. The summed E-state index contributed by atoms with van der Waals surface area (Å²) in [6, 6.07) is 7.56. The average molecular weight is 203 g/mol. The molecule has 0 aliphatic carbocycles. The van der Waals surface area contributed by atoms with Gasteiger partial charge in [-0.3, -0.25) is 0 Å². The number of nitrogens with one attached hydrogen (secondary N) is 2. The Labute approximate surface area is 91.3 Å². The van der Waals surface area contributed by atoms with E-state index in [1.165, 1.54) is 0 Å². The summed E-state index contributed by atoms with van der Waals surface area (Å²) >= 11 is 0. The van der Waals surface area contributed by atoms with Crippen LogP contribution in [0.2, 0.25) is 0 Å². The molecule has 0 amide bonds. The molecule has 0 bridgehead atoms. The predicted octanol–water partition coefficient (Wildman–Crippen LogP) is 2.65. The largest absolute Gasteiger partial charge is 0.385 e. The van der Waals surface area contributed by atoms with Gasteiger partial charge in [-0.25, -0.2) is 4.85 Å². The van der Waals surface area contributed by atoms with Crippen LogP contribution in [0.4, 0.5) is 11.4 Å². The Morgan fingerprint density at radius 3 is 2.87 bits per heavy atom. The molecule has 0 radical (unpaired) electrons. The lowest BCUT2D eigenvalue weighted by atomic mass is 10.3. The summed E-state index contributed by atoms with van der Waals surface area (Å²) in [4.78, 5) is 3.38. The van der Waals surface area contributed by atoms with Gasteiger partial charge in [0, 0.05) is 18.8 Å². The number of nitrogens with zero attached hydrogens (tertiary/aromatic N) is 1. The van der Waals surface area contributed by atoms with Crippen LogP contribution in [0.5, 0.6) is 0 Å². The molecule has 0 fully saturated rings. The lowest BCUT2D eigenvalue weighted by Gasteiger charge is -2.07. The fraction of sp³-hybridized carbons (Fsp3) is 0.417. The third kappa shape index (κ3) is 4.48. The molecule has 0 saturated heterocycles. The van der Waals surface area contributed by atoms with Gasteiger partial charge in [-0.15, -0.1) is 0 Å². The first-order chi connectivity index (χ1) is 7.36. The average Bonchev–Trinajstić information content (AvgIpc) is 2.29. The minimum Gasteiger partial charge on any atom is -0.385 e. The molecular weight excluding hydrogens is 186 g/mol. The molecule has 0 spiro atoms. The minimum atomic E-state index is 0.682. The van der Waals surface area contributed by atoms with Crippen LogP contribution in [0.25, 0.3) is 4.85 Å². The molecule has 2 N–H and O–H groups in total. The maximum Gasteiger partial charge on any atom is 0.189 e. The molecule has 1 aromatic carbocycles. The van der Waals surface area contributed by atoms with Gasteiger partial charge >= 0.3 is 0 Å². The molecule has 80 valence electrons. The second-order valence-electron chi connectivity index (χ2n) is 3.34. The number of benzene rings is 1. The third-order valence-electron chi connectivity index (χ3n) is 2.03. The van der Waals surface area contributed by atoms with Gasteiger partial charge in [-0.1, -0.05) is 19.1 Å². The molecule has 15 heavy (non-hydrogen) atoms. The SMILES string of the molecule is [C-]#[N+]c1cccc(NCCNCCC)c1. The van der Waals surface area contributed by atoms with Crippen LogP contribution >= 0.6 is 0 Å². The van der Waals surface area contributed by atoms with E-state index in [0.29, 0.717) is 5.69 Å². The number of rotatable bonds is 6. The van der Waals surface area contributed by atoms with E-state index in [-0.39, 0.29) is 0 Å². The Hall–Kier alpha value is -1.53. The molecular formula is C12H17N3. The van der Waals surface area contributed by atoms with Crippen LogP contribution in [0.15, 0.2) is 24.3 Å². The van der Waals surface area contributed by atoms with Crippen LogP contribution in [0.1, 0.15) is 13.3 Å². The van der Waals surface area contributed by atoms with Gasteiger partial charge in [0.1, 0.15) is 0 Å². The van der Waals surface area contributed by atoms with Gasteiger partial charge in [0.05, 0.1) is 6.57 Å². The highest BCUT2D eigenvalue weighted by Gasteiger charge is 1.93. The van der Waals surface area contributed by atoms with Crippen molar-refractivity contribution in [1.82, 2.24) is 5.32 Å². The number of hydrogen-bond donors (Lipinski definition) is 2. The highest BCUT2D eigenvalue weighted by Crippen LogP contribution is 2.16. The maximum atomic E-state index is 6.89. The van der Waals surface area contributed by atoms with Gasteiger partial charge in [-0.2, -0.15) is 0 Å². The van der Waals surface area contributed by atoms with Crippen molar-refractivity contribution >= 4 is 11.4 Å². The van der Waals surface area contributed by atoms with Gasteiger partial charge in [0.25, 0.3) is 0 Å². The fourth-order valence-corrected chi connectivity index (χ4v) is 1.28. The van der Waals surface area contributed by atoms with Crippen LogP contribution < -0.4 is 10.6 Å². The van der Waals surface area contributed by atoms with E-state index in [1.807, 2.05) is 24.3 Å². The van der Waals surface area contributed by atoms with Crippen LogP contribution in [0, 0.1) is 6.57 Å². The van der Waals surface area contributed by atoms with E-state index in [2.05, 4.69) is 22.4 Å². The standard InChI is InChI=1S/C12H17N3/c1-3-7-14-8-9-15-12-6-4-5-11(10-12)13-2/h4-6,10,14-15H,3,7-9H2,1H3. The zero-order valence-electron chi connectivity index (χ0n) is 9.09. The first kappa shape index (κ1) is 11.5. The van der Waals surface area contributed by atoms with Crippen molar-refractivity contribution in [3.05, 3.63) is 35.7 Å². The van der Waals surface area contributed by atoms with E-state index in [1.54, 1.807) is 0 Å². The van der Waals surface area contributed by atoms with Gasteiger partial charge in [-0.05, 0) is 25.1 Å². The Morgan fingerprint density at radius 2 is 2.13 bits per heavy atom. The van der Waals surface area contributed by atoms with Crippen LogP contribution in [0.3, 0.4) is 0 Å². The van der Waals surface area contributed by atoms with E-state index in [9.17, 15) is 0 Å². The van der Waals surface area contributed by atoms with Crippen molar-refractivity contribution in [2.75, 3.05) is 25.0 Å². The topological polar surface area (TPSA) is 28.4 Å². The quantitative estimate of drug-likeness (QED) is 0.549. The molecule has 1 aromatic rings. The minimum absolute atomic E-state index is 0.682. The normalized spacial score (nSPS) is 9.60. The summed E-state index contributed by atoms with van der Waals surface area (Å²) in [6.07, 6.45) is 1.16. The van der Waals surface area contributed by atoms with Crippen molar-refractivity contribution in [3.63, 3.8) is 0 Å². The molecule has 3 heteroatoms. The molecule has 0 aliphatic rings. The number of anilines is 1. The van der Waals surface area contributed by atoms with Gasteiger partial charge in [0.2, 0.25) is 0 Å². The van der Waals surface area contributed by atoms with E-state index >= 15 is 0 Å². The maximum absolute atomic E-state index is 6.89. The van der Waals surface area contributed by atoms with Crippen LogP contribution in [-0.2, 0) is 0 Å². The Morgan fingerprint density at radius 1 is 1.27 bits per heavy atom. The monoisotopic (exact) mass is 203 g/mol. The van der Waals surface area contributed by atoms with Crippen molar-refractivity contribution in [3.8, 4) is 0 Å². The summed E-state index contributed by atoms with van der Waals surface area (Å²) in [5.41, 5.74) is 1.70. The van der Waals surface area contributed by atoms with E-state index < -0.39 is 0 Å². The fourth-order valence-electron chi connectivity index (χ4n) is 1.28. The second kappa shape index (κ2) is 6.86. The lowest BCUT2D eigenvalue weighted by Crippen LogP contribution is -2.22. The molecule has 0 saturated carbocycles. The van der Waals surface area contributed by atoms with Crippen LogP contribution in [-0.4, -0.2) is 19.6 Å². The first-order valence-electron chi connectivity index (χ1n) is 5.29. The molecule has 0 atom stereocenters. The Kier molecular flexibility index (Phi) is 5.28. The molecule has 3 nitrogen and oxygen atoms in total. The van der Waals surface area contributed by atoms with Crippen molar-refractivity contribution in [2.24, 2.45) is 0 Å².